The van der Waals surface area contributed by atoms with Crippen molar-refractivity contribution in [3.8, 4) is 0 Å². The summed E-state index contributed by atoms with van der Waals surface area (Å²) in [6, 6.07) is 0. The van der Waals surface area contributed by atoms with E-state index in [0.29, 0.717) is 0 Å². The van der Waals surface area contributed by atoms with Gasteiger partial charge in [0.15, 0.2) is 0 Å². The van der Waals surface area contributed by atoms with Crippen LogP contribution in [0, 0.1) is 0 Å². The van der Waals surface area contributed by atoms with Crippen molar-refractivity contribution < 1.29 is 0 Å². The quantitative estimate of drug-likeness (QED) is 0.600. The molecule has 0 atom stereocenters. The zero-order chi connectivity index (χ0) is 11.0. The maximum Gasteiger partial charge on any atom is 0.0361 e. The lowest BCUT2D eigenvalue weighted by Gasteiger charge is -2.16. The summed E-state index contributed by atoms with van der Waals surface area (Å²) < 4.78 is 0. The molecule has 0 heterocycles. The standard InChI is InChI=1S/C13H19N/c1-6-8-9-11-13(10-7-2)12(3)14(4)5/h6-11H,1,3H2,2,4-5H3/b9-8-,10-7+,13-11+. The van der Waals surface area contributed by atoms with E-state index in [0.717, 1.165) is 11.3 Å². The van der Waals surface area contributed by atoms with Gasteiger partial charge in [0, 0.05) is 19.8 Å². The molecular formula is C13H19N. The van der Waals surface area contributed by atoms with E-state index in [-0.39, 0.29) is 0 Å². The van der Waals surface area contributed by atoms with Crippen LogP contribution in [0.15, 0.2) is 60.9 Å². The first kappa shape index (κ1) is 12.5. The van der Waals surface area contributed by atoms with Gasteiger partial charge in [-0.25, -0.2) is 0 Å². The number of rotatable bonds is 5. The molecule has 0 saturated carbocycles. The molecule has 0 saturated heterocycles. The van der Waals surface area contributed by atoms with Gasteiger partial charge in [0.05, 0.1) is 0 Å². The van der Waals surface area contributed by atoms with Crippen molar-refractivity contribution in [2.75, 3.05) is 14.1 Å². The first-order chi connectivity index (χ1) is 6.63. The Balaban J connectivity index is 4.75. The zero-order valence-corrected chi connectivity index (χ0v) is 9.33. The van der Waals surface area contributed by atoms with E-state index in [9.17, 15) is 0 Å². The molecule has 0 amide bonds. The normalized spacial score (nSPS) is 12.4. The second-order valence-electron chi connectivity index (χ2n) is 3.08. The van der Waals surface area contributed by atoms with Crippen molar-refractivity contribution in [2.24, 2.45) is 0 Å². The molecule has 1 nitrogen and oxygen atoms in total. The van der Waals surface area contributed by atoms with Crippen LogP contribution in [0.4, 0.5) is 0 Å². The average Bonchev–Trinajstić information content (AvgIpc) is 2.15. The van der Waals surface area contributed by atoms with Gasteiger partial charge in [0.25, 0.3) is 0 Å². The smallest absolute Gasteiger partial charge is 0.0361 e. The molecule has 0 aromatic rings. The van der Waals surface area contributed by atoms with Crippen LogP contribution >= 0.6 is 0 Å². The Bertz CT molecular complexity index is 278. The first-order valence-corrected chi connectivity index (χ1v) is 4.62. The van der Waals surface area contributed by atoms with E-state index in [1.165, 1.54) is 0 Å². The lowest BCUT2D eigenvalue weighted by Crippen LogP contribution is -2.10. The van der Waals surface area contributed by atoms with E-state index in [2.05, 4.69) is 13.2 Å². The third kappa shape index (κ3) is 4.51. The summed E-state index contributed by atoms with van der Waals surface area (Å²) in [6.07, 6.45) is 11.7. The minimum atomic E-state index is 0.997. The maximum atomic E-state index is 4.00. The van der Waals surface area contributed by atoms with E-state index in [1.54, 1.807) is 6.08 Å². The summed E-state index contributed by atoms with van der Waals surface area (Å²) in [5, 5.41) is 0. The van der Waals surface area contributed by atoms with Crippen LogP contribution in [0.1, 0.15) is 6.92 Å². The first-order valence-electron chi connectivity index (χ1n) is 4.62. The van der Waals surface area contributed by atoms with Gasteiger partial charge >= 0.3 is 0 Å². The molecule has 0 unspecified atom stereocenters. The summed E-state index contributed by atoms with van der Waals surface area (Å²) in [7, 11) is 3.97. The van der Waals surface area contributed by atoms with Crippen molar-refractivity contribution in [3.63, 3.8) is 0 Å². The Hall–Kier alpha value is -1.50. The van der Waals surface area contributed by atoms with Gasteiger partial charge in [0.1, 0.15) is 0 Å². The Morgan fingerprint density at radius 2 is 1.86 bits per heavy atom. The molecule has 0 fully saturated rings. The van der Waals surface area contributed by atoms with Gasteiger partial charge in [0.2, 0.25) is 0 Å². The number of allylic oxidation sites excluding steroid dienone is 6. The van der Waals surface area contributed by atoms with E-state index in [4.69, 9.17) is 0 Å². The van der Waals surface area contributed by atoms with Crippen molar-refractivity contribution in [1.82, 2.24) is 4.90 Å². The van der Waals surface area contributed by atoms with Crippen LogP contribution < -0.4 is 0 Å². The van der Waals surface area contributed by atoms with Crippen LogP contribution in [-0.4, -0.2) is 19.0 Å². The average molecular weight is 189 g/mol. The van der Waals surface area contributed by atoms with Crippen LogP contribution in [0.5, 0.6) is 0 Å². The SMILES string of the molecule is C=C\C=C/C=C(\C=C\C)C(=C)N(C)C. The lowest BCUT2D eigenvalue weighted by molar-refractivity contribution is 0.527. The number of hydrogen-bond acceptors (Lipinski definition) is 1. The second kappa shape index (κ2) is 6.96. The molecule has 76 valence electrons. The number of likely N-dealkylation sites (N-methyl/N-ethyl adjacent to an activating group) is 1. The minimum Gasteiger partial charge on any atom is -0.378 e. The maximum absolute atomic E-state index is 4.00. The van der Waals surface area contributed by atoms with Crippen molar-refractivity contribution in [1.29, 1.82) is 0 Å². The van der Waals surface area contributed by atoms with Crippen LogP contribution in [-0.2, 0) is 0 Å². The molecule has 0 bridgehead atoms. The van der Waals surface area contributed by atoms with Gasteiger partial charge in [-0.15, -0.1) is 0 Å². The predicted octanol–water partition coefficient (Wildman–Crippen LogP) is 3.31. The topological polar surface area (TPSA) is 3.24 Å². The third-order valence-corrected chi connectivity index (χ3v) is 1.74. The fourth-order valence-electron chi connectivity index (χ4n) is 0.923. The lowest BCUT2D eigenvalue weighted by atomic mass is 10.1. The van der Waals surface area contributed by atoms with E-state index in [1.807, 2.05) is 56.3 Å². The largest absolute Gasteiger partial charge is 0.378 e. The van der Waals surface area contributed by atoms with Gasteiger partial charge in [-0.2, -0.15) is 0 Å². The summed E-state index contributed by atoms with van der Waals surface area (Å²) in [5.41, 5.74) is 2.10. The highest BCUT2D eigenvalue weighted by Gasteiger charge is 1.98. The molecule has 0 aromatic heterocycles. The molecule has 0 radical (unpaired) electrons. The van der Waals surface area contributed by atoms with Gasteiger partial charge < -0.3 is 4.90 Å². The van der Waals surface area contributed by atoms with Crippen molar-refractivity contribution >= 4 is 0 Å². The molecule has 0 rings (SSSR count). The minimum absolute atomic E-state index is 0.997. The molecular weight excluding hydrogens is 170 g/mol. The van der Waals surface area contributed by atoms with E-state index >= 15 is 0 Å². The van der Waals surface area contributed by atoms with Crippen LogP contribution in [0.25, 0.3) is 0 Å². The zero-order valence-electron chi connectivity index (χ0n) is 9.33. The Morgan fingerprint density at radius 1 is 1.21 bits per heavy atom. The second-order valence-corrected chi connectivity index (χ2v) is 3.08. The molecule has 0 N–H and O–H groups in total. The monoisotopic (exact) mass is 189 g/mol. The van der Waals surface area contributed by atoms with Gasteiger partial charge in [-0.05, 0) is 12.5 Å². The van der Waals surface area contributed by atoms with Crippen LogP contribution in [0.3, 0.4) is 0 Å². The highest BCUT2D eigenvalue weighted by atomic mass is 15.1. The van der Waals surface area contributed by atoms with Crippen molar-refractivity contribution in [2.45, 2.75) is 6.92 Å². The molecule has 0 aromatic carbocycles. The van der Waals surface area contributed by atoms with E-state index < -0.39 is 0 Å². The Labute approximate surface area is 87.4 Å². The third-order valence-electron chi connectivity index (χ3n) is 1.74. The van der Waals surface area contributed by atoms with Crippen LogP contribution in [0.2, 0.25) is 0 Å². The molecule has 0 aliphatic carbocycles. The van der Waals surface area contributed by atoms with Gasteiger partial charge in [-0.1, -0.05) is 49.6 Å². The summed E-state index contributed by atoms with van der Waals surface area (Å²) in [4.78, 5) is 1.99. The number of hydrogen-bond donors (Lipinski definition) is 0. The molecule has 0 aliphatic heterocycles. The predicted molar refractivity (Wildman–Crippen MR) is 65.1 cm³/mol. The highest BCUT2D eigenvalue weighted by molar-refractivity contribution is 5.39. The highest BCUT2D eigenvalue weighted by Crippen LogP contribution is 2.11. The fourth-order valence-corrected chi connectivity index (χ4v) is 0.923. The molecule has 14 heavy (non-hydrogen) atoms. The summed E-state index contributed by atoms with van der Waals surface area (Å²) >= 11 is 0. The molecule has 1 heteroatoms. The van der Waals surface area contributed by atoms with Crippen molar-refractivity contribution in [3.05, 3.63) is 60.9 Å². The molecule has 0 aliphatic rings. The van der Waals surface area contributed by atoms with Gasteiger partial charge in [-0.3, -0.25) is 0 Å². The number of nitrogens with zero attached hydrogens (tertiary/aromatic N) is 1. The fraction of sp³-hybridized carbons (Fsp3) is 0.231. The summed E-state index contributed by atoms with van der Waals surface area (Å²) in [5.74, 6) is 0. The Kier molecular flexibility index (Phi) is 6.21. The molecule has 0 spiro atoms. The Morgan fingerprint density at radius 3 is 2.29 bits per heavy atom. The summed E-state index contributed by atoms with van der Waals surface area (Å²) in [6.45, 7) is 9.61.